The molecule has 0 heterocycles. The minimum Gasteiger partial charge on any atom is -0.450 e. The van der Waals surface area contributed by atoms with E-state index in [0.29, 0.717) is 31.6 Å². The van der Waals surface area contributed by atoms with Crippen molar-refractivity contribution in [1.82, 2.24) is 10.6 Å². The summed E-state index contributed by atoms with van der Waals surface area (Å²) >= 11 is 0. The van der Waals surface area contributed by atoms with E-state index in [0.717, 1.165) is 6.42 Å². The number of carbonyl (C=O) groups excluding carboxylic acids is 1. The van der Waals surface area contributed by atoms with Gasteiger partial charge in [-0.3, -0.25) is 4.99 Å². The number of alkyl carbamates (subject to hydrolysis) is 1. The van der Waals surface area contributed by atoms with Crippen molar-refractivity contribution in [3.8, 4) is 0 Å². The van der Waals surface area contributed by atoms with Gasteiger partial charge in [0.2, 0.25) is 0 Å². The molecule has 0 aromatic rings. The van der Waals surface area contributed by atoms with Crippen LogP contribution in [0.2, 0.25) is 0 Å². The minimum absolute atomic E-state index is 0. The SMILES string of the molecule is C=CCNC(N)=NCC(CC(C)C)NC(=O)OCC.I. The highest BCUT2D eigenvalue weighted by molar-refractivity contribution is 14.0. The van der Waals surface area contributed by atoms with Crippen molar-refractivity contribution in [3.63, 3.8) is 0 Å². The highest BCUT2D eigenvalue weighted by Gasteiger charge is 2.14. The second kappa shape index (κ2) is 13.0. The van der Waals surface area contributed by atoms with Gasteiger partial charge in [-0.15, -0.1) is 30.6 Å². The standard InChI is InChI=1S/C13H26N4O2.HI/c1-5-7-15-12(14)16-9-11(8-10(3)4)17-13(18)19-6-2;/h5,10-11H,1,6-9H2,2-4H3,(H,17,18)(H3,14,15,16);1H. The van der Waals surface area contributed by atoms with Crippen LogP contribution in [-0.4, -0.2) is 37.8 Å². The van der Waals surface area contributed by atoms with Crippen LogP contribution in [0.5, 0.6) is 0 Å². The van der Waals surface area contributed by atoms with E-state index < -0.39 is 6.09 Å². The number of hydrogen-bond acceptors (Lipinski definition) is 3. The summed E-state index contributed by atoms with van der Waals surface area (Å²) in [4.78, 5) is 15.6. The molecule has 0 saturated heterocycles. The molecule has 0 spiro atoms. The maximum atomic E-state index is 11.4. The van der Waals surface area contributed by atoms with Gasteiger partial charge < -0.3 is 21.1 Å². The van der Waals surface area contributed by atoms with Crippen LogP contribution >= 0.6 is 24.0 Å². The topological polar surface area (TPSA) is 88.7 Å². The third kappa shape index (κ3) is 12.1. The summed E-state index contributed by atoms with van der Waals surface area (Å²) in [6.07, 6.45) is 2.10. The molecule has 1 atom stereocenters. The monoisotopic (exact) mass is 398 g/mol. The van der Waals surface area contributed by atoms with Gasteiger partial charge >= 0.3 is 6.09 Å². The van der Waals surface area contributed by atoms with E-state index in [4.69, 9.17) is 10.5 Å². The molecule has 0 aliphatic carbocycles. The number of carbonyl (C=O) groups is 1. The lowest BCUT2D eigenvalue weighted by Crippen LogP contribution is -2.40. The molecule has 0 aromatic carbocycles. The Bertz CT molecular complexity index is 309. The Morgan fingerprint density at radius 1 is 1.50 bits per heavy atom. The number of hydrogen-bond donors (Lipinski definition) is 3. The fourth-order valence-corrected chi connectivity index (χ4v) is 1.53. The van der Waals surface area contributed by atoms with Crippen LogP contribution in [-0.2, 0) is 4.74 Å². The smallest absolute Gasteiger partial charge is 0.407 e. The molecule has 0 radical (unpaired) electrons. The van der Waals surface area contributed by atoms with E-state index in [2.05, 4.69) is 36.1 Å². The quantitative estimate of drug-likeness (QED) is 0.252. The number of nitrogens with two attached hydrogens (primary N) is 1. The van der Waals surface area contributed by atoms with Crippen LogP contribution < -0.4 is 16.4 Å². The fraction of sp³-hybridized carbons (Fsp3) is 0.692. The van der Waals surface area contributed by atoms with Gasteiger partial charge in [-0.2, -0.15) is 0 Å². The third-order valence-electron chi connectivity index (χ3n) is 2.26. The van der Waals surface area contributed by atoms with Gasteiger partial charge in [0.15, 0.2) is 5.96 Å². The molecule has 0 aliphatic heterocycles. The van der Waals surface area contributed by atoms with Crippen molar-refractivity contribution in [2.24, 2.45) is 16.6 Å². The van der Waals surface area contributed by atoms with E-state index in [9.17, 15) is 4.79 Å². The Labute approximate surface area is 138 Å². The number of amides is 1. The Morgan fingerprint density at radius 3 is 2.65 bits per heavy atom. The molecule has 118 valence electrons. The summed E-state index contributed by atoms with van der Waals surface area (Å²) < 4.78 is 4.87. The molecule has 4 N–H and O–H groups in total. The molecular formula is C13H27IN4O2. The van der Waals surface area contributed by atoms with Crippen LogP contribution in [0.1, 0.15) is 27.2 Å². The molecule has 20 heavy (non-hydrogen) atoms. The van der Waals surface area contributed by atoms with Gasteiger partial charge in [-0.25, -0.2) is 4.79 Å². The van der Waals surface area contributed by atoms with Gasteiger partial charge in [0.05, 0.1) is 19.2 Å². The maximum absolute atomic E-state index is 11.4. The number of nitrogens with zero attached hydrogens (tertiary/aromatic N) is 1. The van der Waals surface area contributed by atoms with Crippen molar-refractivity contribution in [2.45, 2.75) is 33.2 Å². The second-order valence-electron chi connectivity index (χ2n) is 4.59. The van der Waals surface area contributed by atoms with Gasteiger partial charge in [-0.1, -0.05) is 19.9 Å². The van der Waals surface area contributed by atoms with Crippen molar-refractivity contribution < 1.29 is 9.53 Å². The van der Waals surface area contributed by atoms with E-state index in [1.165, 1.54) is 0 Å². The van der Waals surface area contributed by atoms with E-state index in [-0.39, 0.29) is 30.0 Å². The first kappa shape index (κ1) is 21.3. The predicted molar refractivity (Wildman–Crippen MR) is 93.5 cm³/mol. The zero-order chi connectivity index (χ0) is 14.7. The predicted octanol–water partition coefficient (Wildman–Crippen LogP) is 1.86. The summed E-state index contributed by atoms with van der Waals surface area (Å²) in [6, 6.07) is -0.0804. The van der Waals surface area contributed by atoms with Crippen LogP contribution in [0.25, 0.3) is 0 Å². The van der Waals surface area contributed by atoms with Crippen molar-refractivity contribution >= 4 is 36.0 Å². The van der Waals surface area contributed by atoms with Crippen molar-refractivity contribution in [3.05, 3.63) is 12.7 Å². The molecule has 0 saturated carbocycles. The highest BCUT2D eigenvalue weighted by atomic mass is 127. The van der Waals surface area contributed by atoms with Crippen molar-refractivity contribution in [2.75, 3.05) is 19.7 Å². The molecule has 1 amide bonds. The zero-order valence-electron chi connectivity index (χ0n) is 12.5. The summed E-state index contributed by atoms with van der Waals surface area (Å²) in [5.74, 6) is 0.795. The lowest BCUT2D eigenvalue weighted by Gasteiger charge is -2.18. The number of nitrogens with one attached hydrogen (secondary N) is 2. The average molecular weight is 398 g/mol. The van der Waals surface area contributed by atoms with Gasteiger partial charge in [0.1, 0.15) is 0 Å². The van der Waals surface area contributed by atoms with Crippen LogP contribution in [0, 0.1) is 5.92 Å². The molecule has 7 heteroatoms. The van der Waals surface area contributed by atoms with Gasteiger partial charge in [-0.05, 0) is 19.3 Å². The van der Waals surface area contributed by atoms with E-state index in [1.807, 2.05) is 0 Å². The van der Waals surface area contributed by atoms with Gasteiger partial charge in [0, 0.05) is 6.54 Å². The van der Waals surface area contributed by atoms with Crippen molar-refractivity contribution in [1.29, 1.82) is 0 Å². The summed E-state index contributed by atoms with van der Waals surface area (Å²) in [5, 5.41) is 5.67. The highest BCUT2D eigenvalue weighted by Crippen LogP contribution is 2.05. The summed E-state index contributed by atoms with van der Waals surface area (Å²) in [7, 11) is 0. The summed E-state index contributed by atoms with van der Waals surface area (Å²) in [5.41, 5.74) is 5.68. The van der Waals surface area contributed by atoms with Crippen LogP contribution in [0.4, 0.5) is 4.79 Å². The number of aliphatic imine (C=N–C) groups is 1. The number of ether oxygens (including phenoxy) is 1. The second-order valence-corrected chi connectivity index (χ2v) is 4.59. The minimum atomic E-state index is -0.416. The first-order valence-electron chi connectivity index (χ1n) is 6.57. The zero-order valence-corrected chi connectivity index (χ0v) is 14.8. The van der Waals surface area contributed by atoms with E-state index in [1.54, 1.807) is 13.0 Å². The molecule has 6 nitrogen and oxygen atoms in total. The fourth-order valence-electron chi connectivity index (χ4n) is 1.53. The molecule has 1 unspecified atom stereocenters. The molecule has 0 aliphatic rings. The van der Waals surface area contributed by atoms with E-state index >= 15 is 0 Å². The average Bonchev–Trinajstić information content (AvgIpc) is 2.33. The van der Waals surface area contributed by atoms with Crippen LogP contribution in [0.3, 0.4) is 0 Å². The largest absolute Gasteiger partial charge is 0.450 e. The number of guanidine groups is 1. The molecule has 0 fully saturated rings. The first-order valence-corrected chi connectivity index (χ1v) is 6.57. The van der Waals surface area contributed by atoms with Gasteiger partial charge in [0.25, 0.3) is 0 Å². The number of rotatable bonds is 8. The third-order valence-corrected chi connectivity index (χ3v) is 2.26. The Morgan fingerprint density at radius 2 is 2.15 bits per heavy atom. The summed E-state index contributed by atoms with van der Waals surface area (Å²) in [6.45, 7) is 10.9. The Kier molecular flexibility index (Phi) is 13.9. The first-order chi connectivity index (χ1) is 8.99. The lowest BCUT2D eigenvalue weighted by molar-refractivity contribution is 0.147. The molecular weight excluding hydrogens is 371 g/mol. The Hall–Kier alpha value is -0.990. The lowest BCUT2D eigenvalue weighted by atomic mass is 10.0. The number of halogens is 1. The van der Waals surface area contributed by atoms with Crippen LogP contribution in [0.15, 0.2) is 17.6 Å². The Balaban J connectivity index is 0. The molecule has 0 rings (SSSR count). The normalized spacial score (nSPS) is 12.3. The molecule has 0 bridgehead atoms. The maximum Gasteiger partial charge on any atom is 0.407 e. The molecule has 0 aromatic heterocycles.